The molecule has 0 aromatic heterocycles. The zero-order chi connectivity index (χ0) is 16.3. The first kappa shape index (κ1) is 17.5. The van der Waals surface area contributed by atoms with Crippen molar-refractivity contribution in [2.75, 3.05) is 19.0 Å². The van der Waals surface area contributed by atoms with E-state index in [-0.39, 0.29) is 0 Å². The standard InChI is InChI=1S/C16H26N2O3/c1-11-7-8-12(16(5,10-17)20-6)9-13(11)18-14(19)21-15(2,3)4/h7-9H,10,17H2,1-6H3,(H,18,19). The number of anilines is 1. The van der Waals surface area contributed by atoms with Gasteiger partial charge in [0.2, 0.25) is 0 Å². The zero-order valence-electron chi connectivity index (χ0n) is 13.7. The molecule has 0 aliphatic rings. The number of ether oxygens (including phenoxy) is 2. The lowest BCUT2D eigenvalue weighted by Gasteiger charge is -2.28. The second-order valence-corrected chi connectivity index (χ2v) is 6.30. The quantitative estimate of drug-likeness (QED) is 0.894. The van der Waals surface area contributed by atoms with E-state index in [1.54, 1.807) is 7.11 Å². The summed E-state index contributed by atoms with van der Waals surface area (Å²) in [5.41, 5.74) is 7.21. The Bertz CT molecular complexity index is 503. The predicted molar refractivity (Wildman–Crippen MR) is 84.5 cm³/mol. The lowest BCUT2D eigenvalue weighted by atomic mass is 9.94. The van der Waals surface area contributed by atoms with Crippen LogP contribution in [0.4, 0.5) is 10.5 Å². The van der Waals surface area contributed by atoms with E-state index >= 15 is 0 Å². The Kier molecular flexibility index (Phi) is 5.36. The molecule has 1 amide bonds. The molecule has 0 bridgehead atoms. The second kappa shape index (κ2) is 6.45. The number of carbonyl (C=O) groups is 1. The molecule has 1 atom stereocenters. The molecule has 0 aliphatic heterocycles. The number of methoxy groups -OCH3 is 1. The third-order valence-electron chi connectivity index (χ3n) is 3.32. The molecule has 0 saturated carbocycles. The van der Waals surface area contributed by atoms with Crippen LogP contribution in [0, 0.1) is 6.92 Å². The Morgan fingerprint density at radius 3 is 2.38 bits per heavy atom. The Morgan fingerprint density at radius 1 is 1.29 bits per heavy atom. The van der Waals surface area contributed by atoms with Crippen LogP contribution in [-0.4, -0.2) is 25.3 Å². The molecular formula is C16H26N2O3. The summed E-state index contributed by atoms with van der Waals surface area (Å²) in [6.07, 6.45) is -0.477. The van der Waals surface area contributed by atoms with Crippen molar-refractivity contribution >= 4 is 11.8 Å². The van der Waals surface area contributed by atoms with Crippen molar-refractivity contribution in [3.05, 3.63) is 29.3 Å². The molecule has 0 aliphatic carbocycles. The van der Waals surface area contributed by atoms with Gasteiger partial charge in [0.1, 0.15) is 11.2 Å². The summed E-state index contributed by atoms with van der Waals surface area (Å²) in [6, 6.07) is 5.75. The van der Waals surface area contributed by atoms with Crippen molar-refractivity contribution in [1.29, 1.82) is 0 Å². The molecule has 3 N–H and O–H groups in total. The molecule has 0 saturated heterocycles. The van der Waals surface area contributed by atoms with Gasteiger partial charge in [-0.1, -0.05) is 12.1 Å². The number of hydrogen-bond donors (Lipinski definition) is 2. The van der Waals surface area contributed by atoms with Gasteiger partial charge >= 0.3 is 6.09 Å². The molecule has 1 aromatic rings. The van der Waals surface area contributed by atoms with Gasteiger partial charge in [-0.2, -0.15) is 0 Å². The highest BCUT2D eigenvalue weighted by molar-refractivity contribution is 5.86. The minimum atomic E-state index is -0.585. The summed E-state index contributed by atoms with van der Waals surface area (Å²) in [7, 11) is 1.62. The van der Waals surface area contributed by atoms with Crippen LogP contribution in [-0.2, 0) is 15.1 Å². The third-order valence-corrected chi connectivity index (χ3v) is 3.32. The van der Waals surface area contributed by atoms with Crippen molar-refractivity contribution in [1.82, 2.24) is 0 Å². The summed E-state index contributed by atoms with van der Waals surface area (Å²) >= 11 is 0. The number of nitrogens with two attached hydrogens (primary N) is 1. The van der Waals surface area contributed by atoms with Gasteiger partial charge in [0.05, 0.1) is 0 Å². The average molecular weight is 294 g/mol. The molecule has 0 radical (unpaired) electrons. The molecule has 5 heteroatoms. The molecule has 1 rings (SSSR count). The molecule has 0 heterocycles. The number of hydrogen-bond acceptors (Lipinski definition) is 4. The maximum absolute atomic E-state index is 11.9. The lowest BCUT2D eigenvalue weighted by Crippen LogP contribution is -2.34. The molecule has 118 valence electrons. The smallest absolute Gasteiger partial charge is 0.412 e. The predicted octanol–water partition coefficient (Wildman–Crippen LogP) is 3.16. The third kappa shape index (κ3) is 4.72. The second-order valence-electron chi connectivity index (χ2n) is 6.30. The lowest BCUT2D eigenvalue weighted by molar-refractivity contribution is 0.0101. The van der Waals surface area contributed by atoms with Crippen LogP contribution in [0.25, 0.3) is 0 Å². The maximum Gasteiger partial charge on any atom is 0.412 e. The highest BCUT2D eigenvalue weighted by atomic mass is 16.6. The minimum Gasteiger partial charge on any atom is -0.444 e. The number of rotatable bonds is 4. The summed E-state index contributed by atoms with van der Waals surface area (Å²) in [6.45, 7) is 9.65. The van der Waals surface area contributed by atoms with E-state index in [1.807, 2.05) is 52.8 Å². The van der Waals surface area contributed by atoms with Gasteiger partial charge in [0.15, 0.2) is 0 Å². The van der Waals surface area contributed by atoms with Crippen LogP contribution < -0.4 is 11.1 Å². The first-order valence-corrected chi connectivity index (χ1v) is 6.97. The highest BCUT2D eigenvalue weighted by Crippen LogP contribution is 2.28. The summed E-state index contributed by atoms with van der Waals surface area (Å²) in [4.78, 5) is 11.9. The van der Waals surface area contributed by atoms with Gasteiger partial charge < -0.3 is 15.2 Å². The van der Waals surface area contributed by atoms with E-state index < -0.39 is 17.3 Å². The molecular weight excluding hydrogens is 268 g/mol. The van der Waals surface area contributed by atoms with E-state index in [9.17, 15) is 4.79 Å². The maximum atomic E-state index is 11.9. The van der Waals surface area contributed by atoms with Crippen LogP contribution in [0.3, 0.4) is 0 Å². The zero-order valence-corrected chi connectivity index (χ0v) is 13.7. The van der Waals surface area contributed by atoms with E-state index in [1.165, 1.54) is 0 Å². The first-order chi connectivity index (χ1) is 9.61. The van der Waals surface area contributed by atoms with Crippen LogP contribution in [0.1, 0.15) is 38.8 Å². The normalized spacial score (nSPS) is 14.4. The van der Waals surface area contributed by atoms with Crippen LogP contribution in [0.15, 0.2) is 18.2 Å². The molecule has 21 heavy (non-hydrogen) atoms. The molecule has 1 unspecified atom stereocenters. The minimum absolute atomic E-state index is 0.346. The van der Waals surface area contributed by atoms with Crippen molar-refractivity contribution in [2.24, 2.45) is 5.73 Å². The molecule has 0 fully saturated rings. The Balaban J connectivity index is 3.01. The number of carbonyl (C=O) groups excluding carboxylic acids is 1. The summed E-state index contributed by atoms with van der Waals surface area (Å²) in [5.74, 6) is 0. The van der Waals surface area contributed by atoms with E-state index in [0.29, 0.717) is 12.2 Å². The number of amides is 1. The van der Waals surface area contributed by atoms with Gasteiger partial charge in [-0.3, -0.25) is 5.32 Å². The van der Waals surface area contributed by atoms with Crippen LogP contribution in [0.5, 0.6) is 0 Å². The van der Waals surface area contributed by atoms with Gasteiger partial charge in [-0.15, -0.1) is 0 Å². The Morgan fingerprint density at radius 2 is 1.90 bits per heavy atom. The van der Waals surface area contributed by atoms with Crippen molar-refractivity contribution in [2.45, 2.75) is 45.8 Å². The van der Waals surface area contributed by atoms with Gasteiger partial charge in [-0.25, -0.2) is 4.79 Å². The van der Waals surface area contributed by atoms with Gasteiger partial charge in [0, 0.05) is 19.3 Å². The van der Waals surface area contributed by atoms with Gasteiger partial charge in [-0.05, 0) is 51.8 Å². The fourth-order valence-corrected chi connectivity index (χ4v) is 1.82. The summed E-state index contributed by atoms with van der Waals surface area (Å²) < 4.78 is 10.8. The number of benzene rings is 1. The van der Waals surface area contributed by atoms with Gasteiger partial charge in [0.25, 0.3) is 0 Å². The number of nitrogens with one attached hydrogen (secondary N) is 1. The van der Waals surface area contributed by atoms with E-state index in [2.05, 4.69) is 5.32 Å². The van der Waals surface area contributed by atoms with E-state index in [0.717, 1.165) is 11.1 Å². The number of aryl methyl sites for hydroxylation is 1. The van der Waals surface area contributed by atoms with Crippen molar-refractivity contribution in [3.63, 3.8) is 0 Å². The molecule has 0 spiro atoms. The Hall–Kier alpha value is -1.59. The van der Waals surface area contributed by atoms with Crippen LogP contribution >= 0.6 is 0 Å². The van der Waals surface area contributed by atoms with Crippen LogP contribution in [0.2, 0.25) is 0 Å². The largest absolute Gasteiger partial charge is 0.444 e. The average Bonchev–Trinajstić information content (AvgIpc) is 2.38. The fourth-order valence-electron chi connectivity index (χ4n) is 1.82. The topological polar surface area (TPSA) is 73.6 Å². The molecule has 5 nitrogen and oxygen atoms in total. The first-order valence-electron chi connectivity index (χ1n) is 6.97. The fraction of sp³-hybridized carbons (Fsp3) is 0.562. The Labute approximate surface area is 126 Å². The SMILES string of the molecule is COC(C)(CN)c1ccc(C)c(NC(=O)OC(C)(C)C)c1. The highest BCUT2D eigenvalue weighted by Gasteiger charge is 2.25. The molecule has 1 aromatic carbocycles. The van der Waals surface area contributed by atoms with Crippen molar-refractivity contribution < 1.29 is 14.3 Å². The monoisotopic (exact) mass is 294 g/mol. The van der Waals surface area contributed by atoms with E-state index in [4.69, 9.17) is 15.2 Å². The summed E-state index contributed by atoms with van der Waals surface area (Å²) in [5, 5.41) is 2.77. The van der Waals surface area contributed by atoms with Crippen molar-refractivity contribution in [3.8, 4) is 0 Å².